The SMILES string of the molecule is CC(C)(Oc1ccc(C(=O)c2ccc(Cl)cc2)cc1)C(=O)NC(N)=O. The molecule has 0 spiro atoms. The van der Waals surface area contributed by atoms with Gasteiger partial charge in [0.1, 0.15) is 5.75 Å². The number of amides is 3. The highest BCUT2D eigenvalue weighted by molar-refractivity contribution is 6.30. The number of rotatable bonds is 5. The van der Waals surface area contributed by atoms with Crippen molar-refractivity contribution in [1.82, 2.24) is 5.32 Å². The molecule has 2 rings (SSSR count). The van der Waals surface area contributed by atoms with Gasteiger partial charge in [0.05, 0.1) is 0 Å². The van der Waals surface area contributed by atoms with E-state index in [-0.39, 0.29) is 5.78 Å². The second-order valence-electron chi connectivity index (χ2n) is 5.79. The van der Waals surface area contributed by atoms with E-state index < -0.39 is 17.5 Å². The van der Waals surface area contributed by atoms with Gasteiger partial charge >= 0.3 is 6.03 Å². The molecule has 0 saturated heterocycles. The number of primary amides is 1. The van der Waals surface area contributed by atoms with Gasteiger partial charge in [-0.15, -0.1) is 0 Å². The van der Waals surface area contributed by atoms with Crippen molar-refractivity contribution in [2.45, 2.75) is 19.4 Å². The zero-order valence-electron chi connectivity index (χ0n) is 13.7. The standard InChI is InChI=1S/C18H17ClN2O4/c1-18(2,16(23)21-17(20)24)25-14-9-5-12(6-10-14)15(22)11-3-7-13(19)8-4-11/h3-10H,1-2H3,(H3,20,21,23,24). The van der Waals surface area contributed by atoms with Gasteiger partial charge in [-0.3, -0.25) is 14.9 Å². The van der Waals surface area contributed by atoms with E-state index in [4.69, 9.17) is 22.1 Å². The summed E-state index contributed by atoms with van der Waals surface area (Å²) in [4.78, 5) is 35.0. The van der Waals surface area contributed by atoms with Gasteiger partial charge in [-0.1, -0.05) is 11.6 Å². The summed E-state index contributed by atoms with van der Waals surface area (Å²) in [6.45, 7) is 3.00. The Kier molecular flexibility index (Phi) is 5.44. The summed E-state index contributed by atoms with van der Waals surface area (Å²) in [5, 5.41) is 2.52. The third-order valence-electron chi connectivity index (χ3n) is 3.38. The maximum atomic E-state index is 12.4. The summed E-state index contributed by atoms with van der Waals surface area (Å²) in [6.07, 6.45) is 0. The Morgan fingerprint density at radius 2 is 1.44 bits per heavy atom. The van der Waals surface area contributed by atoms with Crippen LogP contribution >= 0.6 is 11.6 Å². The maximum absolute atomic E-state index is 12.4. The number of carbonyl (C=O) groups excluding carboxylic acids is 3. The van der Waals surface area contributed by atoms with Crippen LogP contribution in [-0.4, -0.2) is 23.3 Å². The van der Waals surface area contributed by atoms with Gasteiger partial charge in [0, 0.05) is 16.1 Å². The Morgan fingerprint density at radius 1 is 0.960 bits per heavy atom. The van der Waals surface area contributed by atoms with Gasteiger partial charge in [-0.05, 0) is 62.4 Å². The van der Waals surface area contributed by atoms with Crippen LogP contribution in [0.2, 0.25) is 5.02 Å². The minimum Gasteiger partial charge on any atom is -0.478 e. The van der Waals surface area contributed by atoms with E-state index in [1.807, 2.05) is 5.32 Å². The number of ether oxygens (including phenoxy) is 1. The summed E-state index contributed by atoms with van der Waals surface area (Å²) in [5.74, 6) is -0.451. The van der Waals surface area contributed by atoms with Gasteiger partial charge in [-0.2, -0.15) is 0 Å². The third-order valence-corrected chi connectivity index (χ3v) is 3.63. The second kappa shape index (κ2) is 7.36. The monoisotopic (exact) mass is 360 g/mol. The minimum absolute atomic E-state index is 0.158. The first-order valence-electron chi connectivity index (χ1n) is 7.39. The molecule has 2 aromatic carbocycles. The Balaban J connectivity index is 2.11. The number of ketones is 1. The van der Waals surface area contributed by atoms with Gasteiger partial charge in [0.15, 0.2) is 11.4 Å². The highest BCUT2D eigenvalue weighted by atomic mass is 35.5. The third kappa shape index (κ3) is 4.81. The van der Waals surface area contributed by atoms with Gasteiger partial charge < -0.3 is 10.5 Å². The molecular weight excluding hydrogens is 344 g/mol. The molecule has 0 fully saturated rings. The van der Waals surface area contributed by atoms with Gasteiger partial charge in [-0.25, -0.2) is 4.79 Å². The molecule has 2 aromatic rings. The lowest BCUT2D eigenvalue weighted by Gasteiger charge is -2.24. The average molecular weight is 361 g/mol. The summed E-state index contributed by atoms with van der Waals surface area (Å²) in [6, 6.07) is 12.0. The van der Waals surface area contributed by atoms with Crippen molar-refractivity contribution in [1.29, 1.82) is 0 Å². The quantitative estimate of drug-likeness (QED) is 0.801. The van der Waals surface area contributed by atoms with Crippen LogP contribution in [0.25, 0.3) is 0 Å². The number of imide groups is 1. The molecular formula is C18H17ClN2O4. The minimum atomic E-state index is -1.31. The molecule has 3 amide bonds. The average Bonchev–Trinajstić information content (AvgIpc) is 2.54. The van der Waals surface area contributed by atoms with Crippen molar-refractivity contribution in [2.75, 3.05) is 0 Å². The largest absolute Gasteiger partial charge is 0.478 e. The molecule has 0 radical (unpaired) electrons. The van der Waals surface area contributed by atoms with E-state index in [9.17, 15) is 14.4 Å². The highest BCUT2D eigenvalue weighted by Crippen LogP contribution is 2.21. The van der Waals surface area contributed by atoms with E-state index in [0.29, 0.717) is 21.9 Å². The van der Waals surface area contributed by atoms with Crippen molar-refractivity contribution < 1.29 is 19.1 Å². The van der Waals surface area contributed by atoms with Crippen molar-refractivity contribution >= 4 is 29.3 Å². The summed E-state index contributed by atoms with van der Waals surface area (Å²) in [5.41, 5.74) is 4.60. The van der Waals surface area contributed by atoms with Crippen LogP contribution in [0.15, 0.2) is 48.5 Å². The first-order chi connectivity index (χ1) is 11.7. The lowest BCUT2D eigenvalue weighted by atomic mass is 10.0. The first-order valence-corrected chi connectivity index (χ1v) is 7.77. The molecule has 0 unspecified atom stereocenters. The molecule has 130 valence electrons. The van der Waals surface area contributed by atoms with E-state index in [1.165, 1.54) is 13.8 Å². The zero-order chi connectivity index (χ0) is 18.6. The molecule has 7 heteroatoms. The number of nitrogens with two attached hydrogens (primary N) is 1. The lowest BCUT2D eigenvalue weighted by molar-refractivity contribution is -0.132. The molecule has 0 aliphatic heterocycles. The zero-order valence-corrected chi connectivity index (χ0v) is 14.5. The van der Waals surface area contributed by atoms with Crippen molar-refractivity contribution in [3.05, 3.63) is 64.7 Å². The van der Waals surface area contributed by atoms with E-state index in [1.54, 1.807) is 48.5 Å². The predicted octanol–water partition coefficient (Wildman–Crippen LogP) is 2.92. The predicted molar refractivity (Wildman–Crippen MR) is 93.8 cm³/mol. The number of hydrogen-bond acceptors (Lipinski definition) is 4. The maximum Gasteiger partial charge on any atom is 0.318 e. The van der Waals surface area contributed by atoms with Crippen LogP contribution in [0, 0.1) is 0 Å². The fraction of sp³-hybridized carbons (Fsp3) is 0.167. The molecule has 6 nitrogen and oxygen atoms in total. The van der Waals surface area contributed by atoms with Crippen LogP contribution in [0.3, 0.4) is 0 Å². The van der Waals surface area contributed by atoms with E-state index >= 15 is 0 Å². The molecule has 0 aliphatic carbocycles. The molecule has 0 heterocycles. The molecule has 0 bridgehead atoms. The van der Waals surface area contributed by atoms with Crippen LogP contribution < -0.4 is 15.8 Å². The van der Waals surface area contributed by atoms with E-state index in [0.717, 1.165) is 0 Å². The highest BCUT2D eigenvalue weighted by Gasteiger charge is 2.30. The van der Waals surface area contributed by atoms with Crippen molar-refractivity contribution in [3.63, 3.8) is 0 Å². The fourth-order valence-corrected chi connectivity index (χ4v) is 2.17. The number of hydrogen-bond donors (Lipinski definition) is 2. The molecule has 0 saturated carbocycles. The van der Waals surface area contributed by atoms with Crippen molar-refractivity contribution in [2.24, 2.45) is 5.73 Å². The Bertz CT molecular complexity index is 799. The van der Waals surface area contributed by atoms with Crippen LogP contribution in [0.1, 0.15) is 29.8 Å². The van der Waals surface area contributed by atoms with Crippen molar-refractivity contribution in [3.8, 4) is 5.75 Å². The number of benzene rings is 2. The number of nitrogens with one attached hydrogen (secondary N) is 1. The molecule has 3 N–H and O–H groups in total. The van der Waals surface area contributed by atoms with E-state index in [2.05, 4.69) is 0 Å². The van der Waals surface area contributed by atoms with Crippen LogP contribution in [-0.2, 0) is 4.79 Å². The lowest BCUT2D eigenvalue weighted by Crippen LogP contribution is -2.50. The first kappa shape index (κ1) is 18.5. The van der Waals surface area contributed by atoms with Crippen LogP contribution in [0.5, 0.6) is 5.75 Å². The summed E-state index contributed by atoms with van der Waals surface area (Å²) < 4.78 is 5.57. The van der Waals surface area contributed by atoms with Crippen LogP contribution in [0.4, 0.5) is 4.79 Å². The molecule has 0 aliphatic rings. The Morgan fingerprint density at radius 3 is 1.92 bits per heavy atom. The van der Waals surface area contributed by atoms with Gasteiger partial charge in [0.2, 0.25) is 0 Å². The molecule has 25 heavy (non-hydrogen) atoms. The Labute approximate surface area is 149 Å². The summed E-state index contributed by atoms with van der Waals surface area (Å²) in [7, 11) is 0. The normalized spacial score (nSPS) is 10.8. The smallest absolute Gasteiger partial charge is 0.318 e. The summed E-state index contributed by atoms with van der Waals surface area (Å²) >= 11 is 5.81. The second-order valence-corrected chi connectivity index (χ2v) is 6.23. The number of carbonyl (C=O) groups is 3. The number of halogens is 1. The molecule has 0 aromatic heterocycles. The Hall–Kier alpha value is -2.86. The molecule has 0 atom stereocenters. The topological polar surface area (TPSA) is 98.5 Å². The number of urea groups is 1. The van der Waals surface area contributed by atoms with Gasteiger partial charge in [0.25, 0.3) is 5.91 Å². The fourth-order valence-electron chi connectivity index (χ4n) is 2.05.